The number of para-hydroxylation sites is 1. The average molecular weight is 394 g/mol. The van der Waals surface area contributed by atoms with Crippen molar-refractivity contribution in [2.24, 2.45) is 0 Å². The fourth-order valence-electron chi connectivity index (χ4n) is 2.67. The Balaban J connectivity index is 2.12. The van der Waals surface area contributed by atoms with Crippen LogP contribution in [0.3, 0.4) is 0 Å². The third kappa shape index (κ3) is 5.56. The molecular weight excluding hydrogens is 373 g/mol. The molecular formula is C20H21F3N2O3. The first kappa shape index (κ1) is 21.4. The van der Waals surface area contributed by atoms with Crippen LogP contribution in [-0.2, 0) is 22.3 Å². The van der Waals surface area contributed by atoms with Gasteiger partial charge in [-0.15, -0.1) is 0 Å². The third-order valence-corrected chi connectivity index (χ3v) is 3.99. The van der Waals surface area contributed by atoms with Crippen molar-refractivity contribution in [1.82, 2.24) is 4.90 Å². The zero-order valence-electron chi connectivity index (χ0n) is 15.5. The molecule has 8 heteroatoms. The zero-order chi connectivity index (χ0) is 20.7. The summed E-state index contributed by atoms with van der Waals surface area (Å²) in [7, 11) is 1.54. The van der Waals surface area contributed by atoms with E-state index in [2.05, 4.69) is 5.32 Å². The number of methoxy groups -OCH3 is 1. The van der Waals surface area contributed by atoms with Crippen LogP contribution in [0.4, 0.5) is 18.9 Å². The van der Waals surface area contributed by atoms with Crippen LogP contribution in [0, 0.1) is 0 Å². The van der Waals surface area contributed by atoms with E-state index in [1.807, 2.05) is 0 Å². The van der Waals surface area contributed by atoms with Crippen LogP contribution in [0.1, 0.15) is 28.4 Å². The summed E-state index contributed by atoms with van der Waals surface area (Å²) >= 11 is 0. The summed E-state index contributed by atoms with van der Waals surface area (Å²) in [6, 6.07) is 11.5. The van der Waals surface area contributed by atoms with Gasteiger partial charge in [0.25, 0.3) is 5.91 Å². The number of likely N-dealkylation sites (N-methyl/N-ethyl adjacent to an activating group) is 1. The normalized spacial score (nSPS) is 11.2. The van der Waals surface area contributed by atoms with E-state index in [-0.39, 0.29) is 24.7 Å². The molecule has 0 atom stereocenters. The van der Waals surface area contributed by atoms with Crippen LogP contribution in [0.25, 0.3) is 0 Å². The number of ether oxygens (including phenoxy) is 1. The lowest BCUT2D eigenvalue weighted by atomic mass is 10.1. The Morgan fingerprint density at radius 2 is 1.82 bits per heavy atom. The van der Waals surface area contributed by atoms with Gasteiger partial charge in [-0.2, -0.15) is 13.2 Å². The van der Waals surface area contributed by atoms with E-state index < -0.39 is 17.6 Å². The first-order valence-corrected chi connectivity index (χ1v) is 8.59. The number of carbonyl (C=O) groups is 2. The summed E-state index contributed by atoms with van der Waals surface area (Å²) in [6.07, 6.45) is -4.59. The number of alkyl halides is 3. The first-order chi connectivity index (χ1) is 13.3. The first-order valence-electron chi connectivity index (χ1n) is 8.59. The van der Waals surface area contributed by atoms with Crippen LogP contribution >= 0.6 is 0 Å². The molecule has 2 amide bonds. The van der Waals surface area contributed by atoms with Gasteiger partial charge in [-0.1, -0.05) is 24.3 Å². The Labute approximate surface area is 161 Å². The Morgan fingerprint density at radius 1 is 1.11 bits per heavy atom. The number of rotatable bonds is 7. The number of hydrogen-bond acceptors (Lipinski definition) is 3. The molecule has 28 heavy (non-hydrogen) atoms. The summed E-state index contributed by atoms with van der Waals surface area (Å²) in [5, 5.41) is 2.25. The smallest absolute Gasteiger partial charge is 0.380 e. The van der Waals surface area contributed by atoms with Gasteiger partial charge in [-0.3, -0.25) is 9.59 Å². The highest BCUT2D eigenvalue weighted by Gasteiger charge is 2.33. The number of halogens is 3. The molecule has 2 rings (SSSR count). The van der Waals surface area contributed by atoms with Crippen molar-refractivity contribution in [3.63, 3.8) is 0 Å². The van der Waals surface area contributed by atoms with Gasteiger partial charge in [-0.25, -0.2) is 0 Å². The molecule has 2 aromatic rings. The minimum absolute atomic E-state index is 0.224. The van der Waals surface area contributed by atoms with Crippen molar-refractivity contribution in [2.45, 2.75) is 19.7 Å². The summed E-state index contributed by atoms with van der Waals surface area (Å²) in [6.45, 7) is 1.88. The fraction of sp³-hybridized carbons (Fsp3) is 0.300. The van der Waals surface area contributed by atoms with E-state index in [4.69, 9.17) is 4.74 Å². The van der Waals surface area contributed by atoms with Gasteiger partial charge in [0.2, 0.25) is 5.91 Å². The highest BCUT2D eigenvalue weighted by Crippen LogP contribution is 2.34. The Bertz CT molecular complexity index is 837. The zero-order valence-corrected chi connectivity index (χ0v) is 15.5. The number of nitrogens with zero attached hydrogens (tertiary/aromatic N) is 1. The number of nitrogens with one attached hydrogen (secondary N) is 1. The van der Waals surface area contributed by atoms with Crippen LogP contribution in [0.5, 0.6) is 0 Å². The Hall–Kier alpha value is -2.87. The van der Waals surface area contributed by atoms with E-state index >= 15 is 0 Å². The van der Waals surface area contributed by atoms with Crippen molar-refractivity contribution in [1.29, 1.82) is 0 Å². The highest BCUT2D eigenvalue weighted by atomic mass is 19.4. The van der Waals surface area contributed by atoms with E-state index in [0.717, 1.165) is 11.6 Å². The molecule has 0 bridgehead atoms. The number of benzene rings is 2. The molecule has 0 aromatic heterocycles. The molecule has 0 fully saturated rings. The van der Waals surface area contributed by atoms with Gasteiger partial charge in [-0.05, 0) is 36.8 Å². The second-order valence-corrected chi connectivity index (χ2v) is 6.04. The van der Waals surface area contributed by atoms with E-state index in [9.17, 15) is 22.8 Å². The summed E-state index contributed by atoms with van der Waals surface area (Å²) in [5.74, 6) is -1.10. The van der Waals surface area contributed by atoms with Crippen molar-refractivity contribution >= 4 is 17.5 Å². The quantitative estimate of drug-likeness (QED) is 0.774. The summed E-state index contributed by atoms with van der Waals surface area (Å²) in [4.78, 5) is 26.2. The monoisotopic (exact) mass is 394 g/mol. The Morgan fingerprint density at radius 3 is 2.46 bits per heavy atom. The molecule has 0 aliphatic carbocycles. The number of hydrogen-bond donors (Lipinski definition) is 1. The second kappa shape index (κ2) is 9.36. The second-order valence-electron chi connectivity index (χ2n) is 6.04. The SMILES string of the molecule is CCN(CC(=O)Nc1ccccc1C(F)(F)F)C(=O)c1cccc(COC)c1. The van der Waals surface area contributed by atoms with Gasteiger partial charge < -0.3 is 15.0 Å². The maximum Gasteiger partial charge on any atom is 0.418 e. The van der Waals surface area contributed by atoms with Gasteiger partial charge in [0.15, 0.2) is 0 Å². The van der Waals surface area contributed by atoms with Crippen molar-refractivity contribution in [3.05, 3.63) is 65.2 Å². The third-order valence-electron chi connectivity index (χ3n) is 3.99. The number of amides is 2. The maximum absolute atomic E-state index is 13.1. The molecule has 2 aromatic carbocycles. The predicted molar refractivity (Wildman–Crippen MR) is 98.8 cm³/mol. The standard InChI is InChI=1S/C20H21F3N2O3/c1-3-25(19(27)15-8-6-7-14(11-15)13-28-2)12-18(26)24-17-10-5-4-9-16(17)20(21,22)23/h4-11H,3,12-13H2,1-2H3,(H,24,26). The summed E-state index contributed by atoms with van der Waals surface area (Å²) in [5.41, 5.74) is -0.108. The molecule has 0 aliphatic heterocycles. The lowest BCUT2D eigenvalue weighted by Crippen LogP contribution is -2.38. The van der Waals surface area contributed by atoms with Gasteiger partial charge >= 0.3 is 6.18 Å². The fourth-order valence-corrected chi connectivity index (χ4v) is 2.67. The molecule has 0 unspecified atom stereocenters. The van der Waals surface area contributed by atoms with Gasteiger partial charge in [0.05, 0.1) is 17.9 Å². The molecule has 1 N–H and O–H groups in total. The van der Waals surface area contributed by atoms with Crippen molar-refractivity contribution in [2.75, 3.05) is 25.5 Å². The topological polar surface area (TPSA) is 58.6 Å². The number of carbonyl (C=O) groups excluding carboxylic acids is 2. The molecule has 0 saturated heterocycles. The van der Waals surface area contributed by atoms with Crippen LogP contribution < -0.4 is 5.32 Å². The van der Waals surface area contributed by atoms with Gasteiger partial charge in [0, 0.05) is 19.2 Å². The van der Waals surface area contributed by atoms with E-state index in [0.29, 0.717) is 12.2 Å². The molecule has 0 saturated carbocycles. The molecule has 0 aliphatic rings. The predicted octanol–water partition coefficient (Wildman–Crippen LogP) is 3.95. The molecule has 0 spiro atoms. The molecule has 150 valence electrons. The van der Waals surface area contributed by atoms with Crippen molar-refractivity contribution < 1.29 is 27.5 Å². The minimum atomic E-state index is -4.59. The highest BCUT2D eigenvalue weighted by molar-refractivity contribution is 5.99. The molecule has 5 nitrogen and oxygen atoms in total. The van der Waals surface area contributed by atoms with Crippen LogP contribution in [0.15, 0.2) is 48.5 Å². The lowest BCUT2D eigenvalue weighted by molar-refractivity contribution is -0.137. The minimum Gasteiger partial charge on any atom is -0.380 e. The molecule has 0 heterocycles. The van der Waals surface area contributed by atoms with Crippen LogP contribution in [-0.4, -0.2) is 36.9 Å². The molecule has 0 radical (unpaired) electrons. The average Bonchev–Trinajstić information content (AvgIpc) is 2.65. The van der Waals surface area contributed by atoms with Gasteiger partial charge in [0.1, 0.15) is 6.54 Å². The lowest BCUT2D eigenvalue weighted by Gasteiger charge is -2.21. The summed E-state index contributed by atoms with van der Waals surface area (Å²) < 4.78 is 44.2. The van der Waals surface area contributed by atoms with Crippen molar-refractivity contribution in [3.8, 4) is 0 Å². The largest absolute Gasteiger partial charge is 0.418 e. The van der Waals surface area contributed by atoms with Crippen LogP contribution in [0.2, 0.25) is 0 Å². The van der Waals surface area contributed by atoms with E-state index in [1.165, 1.54) is 30.2 Å². The van der Waals surface area contributed by atoms with E-state index in [1.54, 1.807) is 31.2 Å². The Kier molecular flexibility index (Phi) is 7.17. The number of anilines is 1. The maximum atomic E-state index is 13.1.